The van der Waals surface area contributed by atoms with Crippen LogP contribution in [0.15, 0.2) is 45.9 Å². The van der Waals surface area contributed by atoms with Crippen molar-refractivity contribution in [1.82, 2.24) is 14.8 Å². The van der Waals surface area contributed by atoms with E-state index in [1.165, 1.54) is 11.8 Å². The van der Waals surface area contributed by atoms with Crippen molar-refractivity contribution in [3.05, 3.63) is 47.8 Å². The summed E-state index contributed by atoms with van der Waals surface area (Å²) >= 11 is 0. The molecule has 172 valence electrons. The highest BCUT2D eigenvalue weighted by Gasteiger charge is 2.29. The van der Waals surface area contributed by atoms with Gasteiger partial charge in [0.2, 0.25) is 11.8 Å². The number of carbonyl (C=O) groups excluding carboxylic acids is 1. The number of nitrogens with one attached hydrogen (secondary N) is 1. The lowest BCUT2D eigenvalue weighted by atomic mass is 9.98. The van der Waals surface area contributed by atoms with Crippen molar-refractivity contribution in [1.29, 1.82) is 0 Å². The van der Waals surface area contributed by atoms with Gasteiger partial charge >= 0.3 is 6.03 Å². The quantitative estimate of drug-likeness (QED) is 0.604. The first kappa shape index (κ1) is 21.4. The van der Waals surface area contributed by atoms with E-state index in [1.54, 1.807) is 24.1 Å². The third-order valence-electron chi connectivity index (χ3n) is 5.81. The summed E-state index contributed by atoms with van der Waals surface area (Å²) in [5.41, 5.74) is 4.47. The number of anilines is 1. The van der Waals surface area contributed by atoms with Crippen LogP contribution in [0.4, 0.5) is 10.5 Å². The van der Waals surface area contributed by atoms with Gasteiger partial charge in [-0.05, 0) is 48.9 Å². The van der Waals surface area contributed by atoms with Gasteiger partial charge in [-0.2, -0.15) is 5.10 Å². The van der Waals surface area contributed by atoms with Crippen molar-refractivity contribution in [2.75, 3.05) is 12.4 Å². The lowest BCUT2D eigenvalue weighted by Gasteiger charge is -2.16. The fourth-order valence-electron chi connectivity index (χ4n) is 4.32. The summed E-state index contributed by atoms with van der Waals surface area (Å²) < 4.78 is 29.5. The predicted octanol–water partition coefficient (Wildman–Crippen LogP) is 3.16. The number of carbonyl (C=O) groups is 1. The van der Waals surface area contributed by atoms with Gasteiger partial charge in [-0.1, -0.05) is 12.1 Å². The van der Waals surface area contributed by atoms with Crippen LogP contribution in [0.25, 0.3) is 11.1 Å². The topological polar surface area (TPSA) is 134 Å². The molecule has 11 heteroatoms. The van der Waals surface area contributed by atoms with E-state index >= 15 is 0 Å². The van der Waals surface area contributed by atoms with E-state index in [0.29, 0.717) is 18.1 Å². The molecule has 2 atom stereocenters. The molecule has 2 unspecified atom stereocenters. The Morgan fingerprint density at radius 3 is 3.03 bits per heavy atom. The van der Waals surface area contributed by atoms with E-state index in [1.807, 2.05) is 19.1 Å². The van der Waals surface area contributed by atoms with Gasteiger partial charge in [0.15, 0.2) is 9.92 Å². The molecule has 2 aromatic heterocycles. The number of fused-ring (bicyclic) bond motifs is 2. The minimum Gasteiger partial charge on any atom is -0.481 e. The monoisotopic (exact) mass is 468 g/mol. The number of ether oxygens (including phenoxy) is 2. The summed E-state index contributed by atoms with van der Waals surface area (Å²) in [7, 11) is -2.01. The van der Waals surface area contributed by atoms with Crippen LogP contribution < -0.4 is 19.9 Å². The van der Waals surface area contributed by atoms with Crippen molar-refractivity contribution in [2.24, 2.45) is 9.50 Å². The Kier molecular flexibility index (Phi) is 5.29. The van der Waals surface area contributed by atoms with Crippen LogP contribution in [0.3, 0.4) is 0 Å². The maximum Gasteiger partial charge on any atom is 0.354 e. The second-order valence-corrected chi connectivity index (χ2v) is 9.84. The van der Waals surface area contributed by atoms with Gasteiger partial charge in [0.1, 0.15) is 11.0 Å². The van der Waals surface area contributed by atoms with Gasteiger partial charge < -0.3 is 14.8 Å². The molecule has 0 radical (unpaired) electrons. The molecule has 3 N–H and O–H groups in total. The van der Waals surface area contributed by atoms with Crippen molar-refractivity contribution in [2.45, 2.75) is 43.7 Å². The molecule has 2 amide bonds. The minimum absolute atomic E-state index is 0.111. The Balaban J connectivity index is 1.52. The lowest BCUT2D eigenvalue weighted by molar-refractivity contribution is 0.248. The summed E-state index contributed by atoms with van der Waals surface area (Å²) in [6.45, 7) is 2.39. The first-order valence-corrected chi connectivity index (χ1v) is 12.2. The third-order valence-corrected chi connectivity index (χ3v) is 7.15. The average molecular weight is 469 g/mol. The highest BCUT2D eigenvalue weighted by molar-refractivity contribution is 7.91. The second kappa shape index (κ2) is 8.16. The maximum absolute atomic E-state index is 13.2. The first-order valence-electron chi connectivity index (χ1n) is 10.6. The predicted molar refractivity (Wildman–Crippen MR) is 123 cm³/mol. The number of nitrogens with zero attached hydrogens (tertiary/aromatic N) is 4. The number of pyridine rings is 1. The average Bonchev–Trinajstić information content (AvgIpc) is 3.49. The number of hydrogen-bond acceptors (Lipinski definition) is 6. The molecule has 0 saturated heterocycles. The highest BCUT2D eigenvalue weighted by Crippen LogP contribution is 2.38. The molecule has 3 heterocycles. The summed E-state index contributed by atoms with van der Waals surface area (Å²) in [4.78, 5) is 17.2. The number of amides is 2. The number of nitrogens with two attached hydrogens (primary N) is 1. The highest BCUT2D eigenvalue weighted by atomic mass is 32.2. The van der Waals surface area contributed by atoms with E-state index < -0.39 is 15.9 Å². The number of rotatable bonds is 4. The van der Waals surface area contributed by atoms with Crippen LogP contribution in [-0.2, 0) is 29.3 Å². The zero-order valence-electron chi connectivity index (χ0n) is 18.3. The standard InChI is InChI=1S/C22H24N6O4S/c1-13-12-28-21(32-13)18(11-25-28)33(23,30)27-22(29)26-20-16-5-3-4-14(16)6-7-17(20)15-8-9-24-19(10-15)31-2/h6-11,13H,3-5,12H2,1-2H3,(H3,23,26,27,29,30). The van der Waals surface area contributed by atoms with Crippen molar-refractivity contribution in [3.63, 3.8) is 0 Å². The van der Waals surface area contributed by atoms with E-state index in [4.69, 9.17) is 14.6 Å². The van der Waals surface area contributed by atoms with Crippen LogP contribution in [0.5, 0.6) is 11.8 Å². The molecule has 0 bridgehead atoms. The molecule has 1 aliphatic heterocycles. The Morgan fingerprint density at radius 2 is 2.21 bits per heavy atom. The van der Waals surface area contributed by atoms with E-state index in [-0.39, 0.29) is 16.9 Å². The Bertz CT molecular complexity index is 1380. The van der Waals surface area contributed by atoms with Crippen LogP contribution in [0.1, 0.15) is 24.5 Å². The number of benzene rings is 1. The zero-order valence-corrected chi connectivity index (χ0v) is 19.1. The second-order valence-electron chi connectivity index (χ2n) is 8.08. The summed E-state index contributed by atoms with van der Waals surface area (Å²) in [6, 6.07) is 6.86. The Labute approximate surface area is 191 Å². The molecule has 5 rings (SSSR count). The number of aryl methyl sites for hydroxylation is 1. The van der Waals surface area contributed by atoms with Crippen LogP contribution >= 0.6 is 0 Å². The molecule has 1 aliphatic carbocycles. The molecule has 33 heavy (non-hydrogen) atoms. The van der Waals surface area contributed by atoms with Gasteiger partial charge in [-0.3, -0.25) is 0 Å². The molecular formula is C22H24N6O4S. The Hall–Kier alpha value is -3.44. The number of hydrogen-bond donors (Lipinski definition) is 2. The summed E-state index contributed by atoms with van der Waals surface area (Å²) in [5.74, 6) is 0.751. The van der Waals surface area contributed by atoms with Gasteiger partial charge in [0, 0.05) is 17.8 Å². The van der Waals surface area contributed by atoms with Crippen molar-refractivity contribution >= 4 is 21.6 Å². The van der Waals surface area contributed by atoms with Crippen LogP contribution in [0.2, 0.25) is 0 Å². The molecule has 0 saturated carbocycles. The zero-order chi connectivity index (χ0) is 23.2. The maximum atomic E-state index is 13.2. The molecule has 2 aliphatic rings. The lowest BCUT2D eigenvalue weighted by Crippen LogP contribution is -2.19. The van der Waals surface area contributed by atoms with Crippen molar-refractivity contribution in [3.8, 4) is 22.9 Å². The van der Waals surface area contributed by atoms with Crippen molar-refractivity contribution < 1.29 is 18.5 Å². The molecule has 1 aromatic carbocycles. The molecular weight excluding hydrogens is 444 g/mol. The molecule has 0 spiro atoms. The smallest absolute Gasteiger partial charge is 0.354 e. The van der Waals surface area contributed by atoms with E-state index in [0.717, 1.165) is 36.0 Å². The SMILES string of the molecule is COc1cc(-c2ccc3c(c2NC(=O)N=S(N)(=O)c2cnn4c2OC(C)C4)CCC3)ccn1. The third kappa shape index (κ3) is 3.93. The first-order chi connectivity index (χ1) is 15.9. The number of methoxy groups -OCH3 is 1. The molecule has 10 nitrogen and oxygen atoms in total. The fraction of sp³-hybridized carbons (Fsp3) is 0.318. The molecule has 0 fully saturated rings. The number of urea groups is 1. The molecule has 3 aromatic rings. The Morgan fingerprint density at radius 1 is 1.36 bits per heavy atom. The van der Waals surface area contributed by atoms with Crippen LogP contribution in [0, 0.1) is 0 Å². The largest absolute Gasteiger partial charge is 0.481 e. The van der Waals surface area contributed by atoms with Gasteiger partial charge in [-0.15, -0.1) is 4.36 Å². The summed E-state index contributed by atoms with van der Waals surface area (Å²) in [6.07, 6.45) is 5.61. The normalized spacial score (nSPS) is 18.1. The van der Waals surface area contributed by atoms with Gasteiger partial charge in [0.05, 0.1) is 25.5 Å². The van der Waals surface area contributed by atoms with Crippen LogP contribution in [-0.4, -0.2) is 38.2 Å². The van der Waals surface area contributed by atoms with Gasteiger partial charge in [0.25, 0.3) is 0 Å². The van der Waals surface area contributed by atoms with E-state index in [2.05, 4.69) is 25.8 Å². The van der Waals surface area contributed by atoms with E-state index in [9.17, 15) is 9.00 Å². The summed E-state index contributed by atoms with van der Waals surface area (Å²) in [5, 5.41) is 13.0. The number of aromatic nitrogens is 3. The van der Waals surface area contributed by atoms with Gasteiger partial charge in [-0.25, -0.2) is 23.8 Å². The minimum atomic E-state index is -3.56. The fourth-order valence-corrected chi connectivity index (χ4v) is 5.31.